The molecular formula is C62H71N11O9S2. The van der Waals surface area contributed by atoms with Crippen LogP contribution in [-0.2, 0) is 64.0 Å². The number of primary amides is 1. The topological polar surface area (TPSA) is 335 Å². The number of hydrogen-bond acceptors (Lipinski definition) is 13. The van der Waals surface area contributed by atoms with Gasteiger partial charge in [0.05, 0.1) is 6.04 Å². The lowest BCUT2D eigenvalue weighted by atomic mass is 10.00. The number of aromatic hydroxyl groups is 1. The smallest absolute Gasteiger partial charge is 0.244 e. The van der Waals surface area contributed by atoms with Gasteiger partial charge >= 0.3 is 0 Å². The van der Waals surface area contributed by atoms with Gasteiger partial charge < -0.3 is 64.5 Å². The Balaban J connectivity index is 1.14. The first-order chi connectivity index (χ1) is 40.4. The molecular weight excluding hydrogens is 1110 g/mol. The van der Waals surface area contributed by atoms with Gasteiger partial charge in [0, 0.05) is 47.9 Å². The zero-order chi connectivity index (χ0) is 59.9. The molecule has 0 bridgehead atoms. The second-order valence-electron chi connectivity index (χ2n) is 21.3. The molecule has 1 fully saturated rings. The Labute approximate surface area is 494 Å². The van der Waals surface area contributed by atoms with Gasteiger partial charge in [0.15, 0.2) is 0 Å². The van der Waals surface area contributed by atoms with E-state index >= 15 is 0 Å². The molecule has 0 spiro atoms. The van der Waals surface area contributed by atoms with Crippen LogP contribution in [0, 0.1) is 5.92 Å². The number of rotatable bonds is 17. The number of aromatic nitrogens is 1. The van der Waals surface area contributed by atoms with Crippen LogP contribution in [0.5, 0.6) is 5.75 Å². The SMILES string of the molecule is CC(C)[C@@H]1NC(=O)[C@H](CCCN)NC(=O)[C@@H](Cc2c[nH]c3ccccc23)NC(=O)[C@H](Cc2ccc(O)cc2)NC(=O)[C@@H](NC(=O)[C@H](N)Cc2ccc3ccccc3c2)CSSC[C@@H](C(=O)N[C@@H](Cc2ccc3ccccc3c2)C(N)=O)NC1=O. The fraction of sp³-hybridized carbons (Fsp3) is 0.323. The molecule has 2 heterocycles. The van der Waals surface area contributed by atoms with Crippen LogP contribution < -0.4 is 54.4 Å². The van der Waals surface area contributed by atoms with Crippen molar-refractivity contribution >= 4 is 101 Å². The fourth-order valence-corrected chi connectivity index (χ4v) is 12.3. The minimum Gasteiger partial charge on any atom is -0.508 e. The van der Waals surface area contributed by atoms with Gasteiger partial charge in [0.2, 0.25) is 47.3 Å². The molecule has 1 aliphatic heterocycles. The van der Waals surface area contributed by atoms with E-state index in [4.69, 9.17) is 17.2 Å². The highest BCUT2D eigenvalue weighted by atomic mass is 33.1. The van der Waals surface area contributed by atoms with Crippen molar-refractivity contribution in [2.75, 3.05) is 18.1 Å². The number of carbonyl (C=O) groups is 8. The molecule has 0 radical (unpaired) electrons. The van der Waals surface area contributed by atoms with Crippen LogP contribution in [0.4, 0.5) is 0 Å². The molecule has 1 aromatic heterocycles. The summed E-state index contributed by atoms with van der Waals surface area (Å²) < 4.78 is 0. The Kier molecular flexibility index (Phi) is 21.4. The molecule has 1 saturated heterocycles. The minimum absolute atomic E-state index is 0.0168. The van der Waals surface area contributed by atoms with E-state index in [0.717, 1.165) is 59.6 Å². The summed E-state index contributed by atoms with van der Waals surface area (Å²) in [6.07, 6.45) is 1.88. The molecule has 8 atom stereocenters. The summed E-state index contributed by atoms with van der Waals surface area (Å²) >= 11 is 0. The summed E-state index contributed by atoms with van der Waals surface area (Å²) in [7, 11) is 2.13. The average Bonchev–Trinajstić information content (AvgIpc) is 4.10. The number of nitrogens with two attached hydrogens (primary N) is 3. The number of phenols is 1. The van der Waals surface area contributed by atoms with Crippen LogP contribution in [0.25, 0.3) is 32.4 Å². The van der Waals surface area contributed by atoms with E-state index in [-0.39, 0.29) is 62.3 Å². The summed E-state index contributed by atoms with van der Waals surface area (Å²) in [5.74, 6) is -7.15. The van der Waals surface area contributed by atoms with Crippen molar-refractivity contribution in [3.05, 3.63) is 162 Å². The van der Waals surface area contributed by atoms with E-state index in [1.807, 2.05) is 109 Å². The number of carbonyl (C=O) groups excluding carboxylic acids is 8. The van der Waals surface area contributed by atoms with Gasteiger partial charge in [-0.3, -0.25) is 38.4 Å². The van der Waals surface area contributed by atoms with Crippen molar-refractivity contribution in [3.63, 3.8) is 0 Å². The second-order valence-corrected chi connectivity index (χ2v) is 23.9. The Hall–Kier alpha value is -8.44. The molecule has 84 heavy (non-hydrogen) atoms. The number of hydrogen-bond donors (Lipinski definition) is 12. The van der Waals surface area contributed by atoms with E-state index in [9.17, 15) is 43.5 Å². The first kappa shape index (κ1) is 61.6. The summed E-state index contributed by atoms with van der Waals surface area (Å²) in [6.45, 7) is 3.52. The molecule has 15 N–H and O–H groups in total. The van der Waals surface area contributed by atoms with Crippen LogP contribution in [0.3, 0.4) is 0 Å². The average molecular weight is 1180 g/mol. The maximum Gasteiger partial charge on any atom is 0.244 e. The normalized spacial score (nSPS) is 20.4. The van der Waals surface area contributed by atoms with E-state index in [1.165, 1.54) is 12.1 Å². The first-order valence-electron chi connectivity index (χ1n) is 27.8. The number of para-hydroxylation sites is 1. The molecule has 440 valence electrons. The zero-order valence-corrected chi connectivity index (χ0v) is 48.2. The van der Waals surface area contributed by atoms with E-state index in [0.29, 0.717) is 16.7 Å². The second kappa shape index (κ2) is 29.2. The summed E-state index contributed by atoms with van der Waals surface area (Å²) in [5.41, 5.74) is 21.8. The van der Waals surface area contributed by atoms with E-state index in [2.05, 4.69) is 42.2 Å². The van der Waals surface area contributed by atoms with Gasteiger partial charge in [-0.15, -0.1) is 0 Å². The fourth-order valence-electron chi connectivity index (χ4n) is 9.95. The van der Waals surface area contributed by atoms with Crippen LogP contribution in [-0.4, -0.2) is 124 Å². The maximum absolute atomic E-state index is 14.9. The number of fused-ring (bicyclic) bond motifs is 3. The molecule has 0 saturated carbocycles. The summed E-state index contributed by atoms with van der Waals surface area (Å²) in [6, 6.07) is 29.6. The first-order valence-corrected chi connectivity index (χ1v) is 30.3. The third kappa shape index (κ3) is 16.6. The molecule has 1 aliphatic rings. The third-order valence-corrected chi connectivity index (χ3v) is 17.1. The number of H-pyrrole nitrogens is 1. The molecule has 7 aromatic rings. The Morgan fingerprint density at radius 2 is 1.19 bits per heavy atom. The molecule has 8 amide bonds. The number of phenolic OH excluding ortho intramolecular Hbond substituents is 1. The zero-order valence-electron chi connectivity index (χ0n) is 46.6. The van der Waals surface area contributed by atoms with Crippen LogP contribution in [0.1, 0.15) is 48.9 Å². The lowest BCUT2D eigenvalue weighted by Gasteiger charge is -2.29. The minimum atomic E-state index is -1.41. The van der Waals surface area contributed by atoms with Crippen LogP contribution >= 0.6 is 21.6 Å². The molecule has 20 nitrogen and oxygen atoms in total. The van der Waals surface area contributed by atoms with Crippen LogP contribution in [0.2, 0.25) is 0 Å². The van der Waals surface area contributed by atoms with Gasteiger partial charge in [-0.05, 0) is 93.7 Å². The van der Waals surface area contributed by atoms with Crippen molar-refractivity contribution in [3.8, 4) is 5.75 Å². The predicted octanol–water partition coefficient (Wildman–Crippen LogP) is 3.45. The molecule has 6 aromatic carbocycles. The highest BCUT2D eigenvalue weighted by Crippen LogP contribution is 2.26. The number of amides is 8. The standard InChI is InChI=1S/C62H71N11O9S2/c1-35(2)54-62(82)72-53(60(80)68-49(55(65)75)30-38-18-22-40-11-4-6-13-42(40)27-38)34-84-83-33-52(71-56(76)46(64)28-37-17-21-39-10-3-5-12-41(39)26-37)61(81)69-50(29-36-19-23-44(74)24-20-36)58(78)70-51(31-43-32-66-47-15-8-7-14-45(43)47)59(79)67-48(16-9-25-63)57(77)73-54/h3-8,10-15,17-24,26-27,32,35,46,48-54,66,74H,9,16,25,28-31,33-34,63-64H2,1-2H3,(H2,65,75)(H,67,79)(H,68,80)(H,69,81)(H,70,78)(H,71,76)(H,72,82)(H,73,77)/t46-,48+,49+,50+,51-,52+,53+,54+/m1/s1. The van der Waals surface area contributed by atoms with Crippen molar-refractivity contribution in [1.29, 1.82) is 0 Å². The predicted molar refractivity (Wildman–Crippen MR) is 328 cm³/mol. The number of aromatic amines is 1. The Morgan fingerprint density at radius 3 is 1.83 bits per heavy atom. The highest BCUT2D eigenvalue weighted by molar-refractivity contribution is 8.76. The highest BCUT2D eigenvalue weighted by Gasteiger charge is 2.36. The van der Waals surface area contributed by atoms with Gasteiger partial charge in [-0.2, -0.15) is 0 Å². The lowest BCUT2D eigenvalue weighted by Crippen LogP contribution is -2.61. The quantitative estimate of drug-likeness (QED) is 0.0583. The van der Waals surface area contributed by atoms with Crippen molar-refractivity contribution in [1.82, 2.24) is 42.2 Å². The lowest BCUT2D eigenvalue weighted by molar-refractivity contribution is -0.136. The summed E-state index contributed by atoms with van der Waals surface area (Å²) in [5, 5.41) is 34.4. The van der Waals surface area contributed by atoms with Crippen molar-refractivity contribution in [2.45, 2.75) is 101 Å². The third-order valence-electron chi connectivity index (χ3n) is 14.7. The van der Waals surface area contributed by atoms with E-state index in [1.54, 1.807) is 32.2 Å². The van der Waals surface area contributed by atoms with Crippen molar-refractivity contribution < 1.29 is 43.5 Å². The molecule has 8 rings (SSSR count). The van der Waals surface area contributed by atoms with Gasteiger partial charge in [-0.1, -0.05) is 151 Å². The summed E-state index contributed by atoms with van der Waals surface area (Å²) in [4.78, 5) is 119. The maximum atomic E-state index is 14.9. The van der Waals surface area contributed by atoms with Gasteiger partial charge in [0.25, 0.3) is 0 Å². The van der Waals surface area contributed by atoms with Gasteiger partial charge in [0.1, 0.15) is 48.0 Å². The van der Waals surface area contributed by atoms with Crippen LogP contribution in [0.15, 0.2) is 140 Å². The number of benzene rings is 6. The monoisotopic (exact) mass is 1180 g/mol. The Morgan fingerprint density at radius 1 is 0.631 bits per heavy atom. The Bertz CT molecular complexity index is 3510. The van der Waals surface area contributed by atoms with Crippen molar-refractivity contribution in [2.24, 2.45) is 23.1 Å². The van der Waals surface area contributed by atoms with E-state index < -0.39 is 102 Å². The number of nitrogens with one attached hydrogen (secondary N) is 8. The largest absolute Gasteiger partial charge is 0.508 e. The van der Waals surface area contributed by atoms with Gasteiger partial charge in [-0.25, -0.2) is 0 Å². The molecule has 22 heteroatoms. The molecule has 0 aliphatic carbocycles. The molecule has 0 unspecified atom stereocenters.